The molecule has 0 bridgehead atoms. The third kappa shape index (κ3) is 2.23. The van der Waals surface area contributed by atoms with Crippen LogP contribution in [0.3, 0.4) is 0 Å². The van der Waals surface area contributed by atoms with Crippen molar-refractivity contribution in [3.8, 4) is 0 Å². The number of carboxylic acids is 1. The molecule has 0 amide bonds. The number of para-hydroxylation sites is 1. The first-order valence-electron chi connectivity index (χ1n) is 7.57. The lowest BCUT2D eigenvalue weighted by Crippen LogP contribution is -2.40. The number of carboxylic acid groups (broad SMARTS) is 1. The van der Waals surface area contributed by atoms with E-state index in [0.29, 0.717) is 22.2 Å². The molecule has 3 nitrogen and oxygen atoms in total. The average molecular weight is 329 g/mol. The third-order valence-electron chi connectivity index (χ3n) is 4.20. The summed E-state index contributed by atoms with van der Waals surface area (Å²) in [6, 6.07) is 9.94. The van der Waals surface area contributed by atoms with Crippen molar-refractivity contribution in [3.05, 3.63) is 70.2 Å². The summed E-state index contributed by atoms with van der Waals surface area (Å²) in [7, 11) is 0. The van der Waals surface area contributed by atoms with E-state index >= 15 is 0 Å². The minimum atomic E-state index is -1.90. The monoisotopic (exact) mass is 329 g/mol. The number of nitrogens with zero attached hydrogens (tertiary/aromatic N) is 1. The quantitative estimate of drug-likeness (QED) is 0.921. The fourth-order valence-electron chi connectivity index (χ4n) is 3.41. The number of fused-ring (bicyclic) bond motifs is 1. The Labute approximate surface area is 138 Å². The van der Waals surface area contributed by atoms with Crippen LogP contribution in [0, 0.1) is 17.0 Å². The Balaban J connectivity index is 2.49. The molecule has 1 heterocycles. The highest BCUT2D eigenvalue weighted by Gasteiger charge is 2.51. The molecule has 1 aliphatic rings. The molecule has 0 aromatic heterocycles. The lowest BCUT2D eigenvalue weighted by atomic mass is 9.71. The van der Waals surface area contributed by atoms with Gasteiger partial charge in [0.15, 0.2) is 0 Å². The second-order valence-corrected chi connectivity index (χ2v) is 6.89. The molecule has 2 aromatic carbocycles. The Kier molecular flexibility index (Phi) is 3.55. The zero-order chi connectivity index (χ0) is 17.7. The van der Waals surface area contributed by atoms with Crippen molar-refractivity contribution in [3.63, 3.8) is 0 Å². The number of halogens is 2. The Morgan fingerprint density at radius 2 is 1.79 bits per heavy atom. The van der Waals surface area contributed by atoms with Gasteiger partial charge in [0.1, 0.15) is 11.6 Å². The minimum absolute atomic E-state index is 0.155. The second-order valence-electron chi connectivity index (χ2n) is 6.89. The van der Waals surface area contributed by atoms with Gasteiger partial charge in [0, 0.05) is 16.8 Å². The van der Waals surface area contributed by atoms with Crippen LogP contribution in [0.15, 0.2) is 47.5 Å². The summed E-state index contributed by atoms with van der Waals surface area (Å²) in [5.41, 5.74) is -2.16. The van der Waals surface area contributed by atoms with Crippen molar-refractivity contribution in [2.45, 2.75) is 26.3 Å². The average Bonchev–Trinajstić information content (AvgIpc) is 2.83. The maximum Gasteiger partial charge on any atom is 0.340 e. The summed E-state index contributed by atoms with van der Waals surface area (Å²) >= 11 is 0. The second kappa shape index (κ2) is 5.23. The van der Waals surface area contributed by atoms with Gasteiger partial charge in [0.25, 0.3) is 0 Å². The van der Waals surface area contributed by atoms with Crippen LogP contribution in [0.4, 0.5) is 8.78 Å². The SMILES string of the molecule is CC(C)(C)C1=c2ccccc2=NC1(C(=O)O)c1ccc(F)cc1F. The van der Waals surface area contributed by atoms with Crippen LogP contribution in [0.1, 0.15) is 26.3 Å². The molecule has 0 saturated heterocycles. The van der Waals surface area contributed by atoms with Crippen molar-refractivity contribution in [2.24, 2.45) is 10.4 Å². The number of benzene rings is 2. The molecule has 5 heteroatoms. The first-order valence-corrected chi connectivity index (χ1v) is 7.57. The van der Waals surface area contributed by atoms with Crippen LogP contribution >= 0.6 is 0 Å². The van der Waals surface area contributed by atoms with Crippen molar-refractivity contribution in [1.29, 1.82) is 0 Å². The van der Waals surface area contributed by atoms with E-state index in [4.69, 9.17) is 0 Å². The molecule has 0 radical (unpaired) electrons. The van der Waals surface area contributed by atoms with Gasteiger partial charge in [-0.15, -0.1) is 0 Å². The molecule has 1 unspecified atom stereocenters. The summed E-state index contributed by atoms with van der Waals surface area (Å²) in [5, 5.41) is 11.2. The van der Waals surface area contributed by atoms with Gasteiger partial charge in [0.2, 0.25) is 5.54 Å². The predicted octanol–water partition coefficient (Wildman–Crippen LogP) is 2.77. The molecule has 2 aromatic rings. The Morgan fingerprint density at radius 3 is 2.38 bits per heavy atom. The lowest BCUT2D eigenvalue weighted by molar-refractivity contribution is -0.141. The maximum atomic E-state index is 14.5. The molecule has 0 fully saturated rings. The molecule has 1 N–H and O–H groups in total. The Hall–Kier alpha value is -2.56. The van der Waals surface area contributed by atoms with E-state index in [9.17, 15) is 18.7 Å². The Bertz CT molecular complexity index is 960. The topological polar surface area (TPSA) is 49.7 Å². The summed E-state index contributed by atoms with van der Waals surface area (Å²) in [6.07, 6.45) is 0. The van der Waals surface area contributed by atoms with E-state index in [-0.39, 0.29) is 5.56 Å². The molecule has 3 rings (SSSR count). The normalized spacial score (nSPS) is 19.8. The summed E-state index contributed by atoms with van der Waals surface area (Å²) in [6.45, 7) is 5.58. The van der Waals surface area contributed by atoms with Gasteiger partial charge in [-0.2, -0.15) is 0 Å². The van der Waals surface area contributed by atoms with Crippen LogP contribution in [-0.4, -0.2) is 11.1 Å². The van der Waals surface area contributed by atoms with Gasteiger partial charge in [-0.1, -0.05) is 39.0 Å². The van der Waals surface area contributed by atoms with Crippen LogP contribution in [0.25, 0.3) is 5.57 Å². The molecular formula is C19H17F2NO2. The van der Waals surface area contributed by atoms with Crippen molar-refractivity contribution in [1.82, 2.24) is 0 Å². The molecular weight excluding hydrogens is 312 g/mol. The van der Waals surface area contributed by atoms with Gasteiger partial charge in [-0.05, 0) is 29.2 Å². The molecule has 24 heavy (non-hydrogen) atoms. The standard InChI is InChI=1S/C19H17F2NO2/c1-18(2,3)16-12-6-4-5-7-15(12)22-19(16,17(23)24)13-9-8-11(20)10-14(13)21/h4-10H,1-3H3,(H,23,24). The van der Waals surface area contributed by atoms with E-state index in [0.717, 1.165) is 6.07 Å². The predicted molar refractivity (Wildman–Crippen MR) is 85.8 cm³/mol. The number of carbonyl (C=O) groups is 1. The highest BCUT2D eigenvalue weighted by molar-refractivity contribution is 5.95. The van der Waals surface area contributed by atoms with E-state index in [1.165, 1.54) is 6.07 Å². The van der Waals surface area contributed by atoms with Gasteiger partial charge in [-0.25, -0.2) is 13.6 Å². The lowest BCUT2D eigenvalue weighted by Gasteiger charge is -2.34. The smallest absolute Gasteiger partial charge is 0.340 e. The molecule has 0 aliphatic carbocycles. The van der Waals surface area contributed by atoms with Crippen molar-refractivity contribution in [2.75, 3.05) is 0 Å². The zero-order valence-electron chi connectivity index (χ0n) is 13.6. The highest BCUT2D eigenvalue weighted by Crippen LogP contribution is 2.46. The van der Waals surface area contributed by atoms with Gasteiger partial charge in [-0.3, -0.25) is 4.99 Å². The van der Waals surface area contributed by atoms with Crippen LogP contribution in [0.5, 0.6) is 0 Å². The molecule has 124 valence electrons. The molecule has 1 atom stereocenters. The van der Waals surface area contributed by atoms with E-state index in [2.05, 4.69) is 4.99 Å². The van der Waals surface area contributed by atoms with Gasteiger partial charge in [0.05, 0.1) is 5.36 Å². The van der Waals surface area contributed by atoms with Crippen molar-refractivity contribution >= 4 is 11.5 Å². The van der Waals surface area contributed by atoms with E-state index in [1.807, 2.05) is 20.8 Å². The summed E-state index contributed by atoms with van der Waals surface area (Å²) < 4.78 is 27.8. The summed E-state index contributed by atoms with van der Waals surface area (Å²) in [4.78, 5) is 16.7. The largest absolute Gasteiger partial charge is 0.479 e. The zero-order valence-corrected chi connectivity index (χ0v) is 13.6. The van der Waals surface area contributed by atoms with Gasteiger partial charge < -0.3 is 5.11 Å². The van der Waals surface area contributed by atoms with Crippen LogP contribution in [0.2, 0.25) is 0 Å². The van der Waals surface area contributed by atoms with E-state index in [1.54, 1.807) is 24.3 Å². The fraction of sp³-hybridized carbons (Fsp3) is 0.263. The molecule has 0 spiro atoms. The molecule has 1 aliphatic heterocycles. The number of rotatable bonds is 2. The maximum absolute atomic E-state index is 14.5. The van der Waals surface area contributed by atoms with Crippen LogP contribution in [-0.2, 0) is 10.3 Å². The first kappa shape index (κ1) is 16.3. The van der Waals surface area contributed by atoms with Crippen molar-refractivity contribution < 1.29 is 18.7 Å². The third-order valence-corrected chi connectivity index (χ3v) is 4.20. The number of hydrogen-bond acceptors (Lipinski definition) is 2. The van der Waals surface area contributed by atoms with Crippen LogP contribution < -0.4 is 10.6 Å². The molecule has 0 saturated carbocycles. The first-order chi connectivity index (χ1) is 11.2. The number of hydrogen-bond donors (Lipinski definition) is 1. The minimum Gasteiger partial charge on any atom is -0.479 e. The summed E-state index contributed by atoms with van der Waals surface area (Å²) in [5.74, 6) is -2.96. The highest BCUT2D eigenvalue weighted by atomic mass is 19.1. The number of aliphatic carboxylic acids is 1. The Morgan fingerprint density at radius 1 is 1.12 bits per heavy atom. The van der Waals surface area contributed by atoms with Gasteiger partial charge >= 0.3 is 5.97 Å². The fourth-order valence-corrected chi connectivity index (χ4v) is 3.41. The van der Waals surface area contributed by atoms with E-state index < -0.39 is 28.6 Å².